The van der Waals surface area contributed by atoms with Crippen molar-refractivity contribution >= 4 is 5.82 Å². The Bertz CT molecular complexity index is 1050. The average molecular weight is 348 g/mol. The van der Waals surface area contributed by atoms with E-state index in [-0.39, 0.29) is 5.89 Å². The van der Waals surface area contributed by atoms with E-state index in [0.717, 1.165) is 22.6 Å². The van der Waals surface area contributed by atoms with Gasteiger partial charge in [-0.3, -0.25) is 0 Å². The Balaban J connectivity index is 1.69. The number of nitrogens with zero attached hydrogens (tertiary/aromatic N) is 5. The third-order valence-corrected chi connectivity index (χ3v) is 4.03. The van der Waals surface area contributed by atoms with Crippen LogP contribution in [0.25, 0.3) is 28.7 Å². The van der Waals surface area contributed by atoms with Crippen molar-refractivity contribution in [1.29, 1.82) is 0 Å². The zero-order valence-corrected chi connectivity index (χ0v) is 14.2. The van der Waals surface area contributed by atoms with E-state index < -0.39 is 0 Å². The Morgan fingerprint density at radius 3 is 2.58 bits per heavy atom. The first-order valence-corrected chi connectivity index (χ1v) is 7.93. The van der Waals surface area contributed by atoms with Crippen molar-refractivity contribution < 1.29 is 9.26 Å². The first-order chi connectivity index (χ1) is 12.7. The van der Waals surface area contributed by atoms with Crippen molar-refractivity contribution in [1.82, 2.24) is 25.1 Å². The average Bonchev–Trinajstić information content (AvgIpc) is 3.29. The highest BCUT2D eigenvalue weighted by Gasteiger charge is 2.20. The molecular weight excluding hydrogens is 332 g/mol. The second-order valence-corrected chi connectivity index (χ2v) is 5.67. The lowest BCUT2D eigenvalue weighted by Gasteiger charge is -2.05. The molecule has 0 amide bonds. The molecular formula is C18H16N6O2. The van der Waals surface area contributed by atoms with Gasteiger partial charge in [0.15, 0.2) is 11.5 Å². The van der Waals surface area contributed by atoms with Gasteiger partial charge in [0.05, 0.1) is 12.8 Å². The van der Waals surface area contributed by atoms with Crippen LogP contribution in [-0.4, -0.2) is 32.2 Å². The number of ether oxygens (including phenoxy) is 1. The number of nitrogen functional groups attached to an aromatic ring is 1. The normalized spacial score (nSPS) is 10.8. The fourth-order valence-electron chi connectivity index (χ4n) is 2.60. The second kappa shape index (κ2) is 6.32. The Labute approximate surface area is 149 Å². The fraction of sp³-hybridized carbons (Fsp3) is 0.111. The van der Waals surface area contributed by atoms with Crippen LogP contribution in [0.1, 0.15) is 5.56 Å². The van der Waals surface area contributed by atoms with Gasteiger partial charge in [0, 0.05) is 5.56 Å². The highest BCUT2D eigenvalue weighted by atomic mass is 16.5. The molecule has 0 aliphatic heterocycles. The molecule has 0 bridgehead atoms. The summed E-state index contributed by atoms with van der Waals surface area (Å²) < 4.78 is 12.0. The third-order valence-electron chi connectivity index (χ3n) is 4.03. The van der Waals surface area contributed by atoms with Crippen LogP contribution in [0.4, 0.5) is 5.82 Å². The van der Waals surface area contributed by atoms with Crippen LogP contribution in [-0.2, 0) is 0 Å². The van der Waals surface area contributed by atoms with Gasteiger partial charge in [0.1, 0.15) is 5.75 Å². The minimum Gasteiger partial charge on any atom is -0.497 e. The van der Waals surface area contributed by atoms with E-state index in [0.29, 0.717) is 17.3 Å². The Hall–Kier alpha value is -3.68. The van der Waals surface area contributed by atoms with Crippen molar-refractivity contribution in [3.63, 3.8) is 0 Å². The van der Waals surface area contributed by atoms with Crippen LogP contribution in [0.5, 0.6) is 5.75 Å². The molecule has 2 aromatic carbocycles. The second-order valence-electron chi connectivity index (χ2n) is 5.67. The molecule has 0 unspecified atom stereocenters. The Morgan fingerprint density at radius 1 is 1.08 bits per heavy atom. The number of methoxy groups -OCH3 is 1. The van der Waals surface area contributed by atoms with Gasteiger partial charge in [-0.25, -0.2) is 0 Å². The summed E-state index contributed by atoms with van der Waals surface area (Å²) in [5.74, 6) is 1.74. The number of aryl methyl sites for hydroxylation is 1. The van der Waals surface area contributed by atoms with Gasteiger partial charge in [0.25, 0.3) is 5.89 Å². The maximum Gasteiger partial charge on any atom is 0.282 e. The van der Waals surface area contributed by atoms with Crippen LogP contribution < -0.4 is 10.5 Å². The van der Waals surface area contributed by atoms with Gasteiger partial charge in [0.2, 0.25) is 5.82 Å². The number of para-hydroxylation sites is 1. The Morgan fingerprint density at radius 2 is 1.85 bits per heavy atom. The van der Waals surface area contributed by atoms with Gasteiger partial charge in [-0.05, 0) is 42.8 Å². The molecule has 0 saturated heterocycles. The summed E-state index contributed by atoms with van der Waals surface area (Å²) in [5, 5.41) is 12.2. The number of hydrogen-bond donors (Lipinski definition) is 1. The molecule has 26 heavy (non-hydrogen) atoms. The van der Waals surface area contributed by atoms with Crippen molar-refractivity contribution in [2.24, 2.45) is 0 Å². The minimum absolute atomic E-state index is 0.216. The molecule has 0 radical (unpaired) electrons. The first kappa shape index (κ1) is 15.8. The predicted octanol–water partition coefficient (Wildman–Crippen LogP) is 2.88. The Kier molecular flexibility index (Phi) is 3.85. The highest BCUT2D eigenvalue weighted by Crippen LogP contribution is 2.27. The maximum absolute atomic E-state index is 6.22. The quantitative estimate of drug-likeness (QED) is 0.604. The lowest BCUT2D eigenvalue weighted by atomic mass is 10.2. The largest absolute Gasteiger partial charge is 0.497 e. The summed E-state index contributed by atoms with van der Waals surface area (Å²) in [6.07, 6.45) is 0. The van der Waals surface area contributed by atoms with Gasteiger partial charge in [-0.2, -0.15) is 9.67 Å². The summed E-state index contributed by atoms with van der Waals surface area (Å²) in [6, 6.07) is 15.1. The third kappa shape index (κ3) is 2.67. The minimum atomic E-state index is 0.216. The lowest BCUT2D eigenvalue weighted by molar-refractivity contribution is 0.414. The van der Waals surface area contributed by atoms with E-state index in [2.05, 4.69) is 20.5 Å². The van der Waals surface area contributed by atoms with Gasteiger partial charge in [-0.15, -0.1) is 5.10 Å². The number of rotatable bonds is 4. The summed E-state index contributed by atoms with van der Waals surface area (Å²) in [6.45, 7) is 1.98. The van der Waals surface area contributed by atoms with E-state index in [1.54, 1.807) is 11.8 Å². The molecule has 0 spiro atoms. The van der Waals surface area contributed by atoms with Gasteiger partial charge < -0.3 is 15.0 Å². The molecule has 0 atom stereocenters. The van der Waals surface area contributed by atoms with Crippen LogP contribution in [0.15, 0.2) is 53.1 Å². The maximum atomic E-state index is 6.22. The van der Waals surface area contributed by atoms with Crippen molar-refractivity contribution in [2.75, 3.05) is 12.8 Å². The monoisotopic (exact) mass is 348 g/mol. The number of benzene rings is 2. The van der Waals surface area contributed by atoms with Crippen molar-refractivity contribution in [2.45, 2.75) is 6.92 Å². The van der Waals surface area contributed by atoms with Crippen LogP contribution >= 0.6 is 0 Å². The fourth-order valence-corrected chi connectivity index (χ4v) is 2.60. The molecule has 130 valence electrons. The number of hydrogen-bond acceptors (Lipinski definition) is 7. The number of anilines is 1. The molecule has 0 aliphatic rings. The van der Waals surface area contributed by atoms with Crippen molar-refractivity contribution in [3.05, 3.63) is 54.1 Å². The molecule has 8 heteroatoms. The van der Waals surface area contributed by atoms with Gasteiger partial charge in [-0.1, -0.05) is 28.6 Å². The summed E-state index contributed by atoms with van der Waals surface area (Å²) in [7, 11) is 1.61. The highest BCUT2D eigenvalue weighted by molar-refractivity contribution is 5.66. The summed E-state index contributed by atoms with van der Waals surface area (Å²) >= 11 is 0. The van der Waals surface area contributed by atoms with Crippen LogP contribution in [0.3, 0.4) is 0 Å². The summed E-state index contributed by atoms with van der Waals surface area (Å²) in [4.78, 5) is 4.38. The van der Waals surface area contributed by atoms with E-state index in [1.807, 2.05) is 55.5 Å². The van der Waals surface area contributed by atoms with Crippen LogP contribution in [0, 0.1) is 6.92 Å². The van der Waals surface area contributed by atoms with E-state index in [1.165, 1.54) is 0 Å². The molecule has 8 nitrogen and oxygen atoms in total. The molecule has 0 saturated carbocycles. The topological polar surface area (TPSA) is 105 Å². The molecule has 2 N–H and O–H groups in total. The smallest absolute Gasteiger partial charge is 0.282 e. The molecule has 0 aliphatic carbocycles. The molecule has 2 heterocycles. The van der Waals surface area contributed by atoms with Crippen LogP contribution in [0.2, 0.25) is 0 Å². The number of aromatic nitrogens is 5. The predicted molar refractivity (Wildman–Crippen MR) is 95.8 cm³/mol. The molecule has 0 fully saturated rings. The van der Waals surface area contributed by atoms with Crippen molar-refractivity contribution in [3.8, 4) is 34.4 Å². The standard InChI is InChI=1S/C18H16N6O2/c1-11-5-3-4-6-14(11)24-16(19)15(21-23-24)18-20-17(22-26-18)12-7-9-13(25-2)10-8-12/h3-10H,19H2,1-2H3. The van der Waals surface area contributed by atoms with Gasteiger partial charge >= 0.3 is 0 Å². The molecule has 2 aromatic heterocycles. The van der Waals surface area contributed by atoms with E-state index >= 15 is 0 Å². The lowest BCUT2D eigenvalue weighted by Crippen LogP contribution is -2.04. The first-order valence-electron chi connectivity index (χ1n) is 7.93. The zero-order valence-electron chi connectivity index (χ0n) is 14.2. The molecule has 4 aromatic rings. The summed E-state index contributed by atoms with van der Waals surface area (Å²) in [5.41, 5.74) is 9.23. The zero-order chi connectivity index (χ0) is 18.1. The number of nitrogens with two attached hydrogens (primary N) is 1. The van der Waals surface area contributed by atoms with E-state index in [4.69, 9.17) is 15.0 Å². The SMILES string of the molecule is COc1ccc(-c2noc(-c3nnn(-c4ccccc4C)c3N)n2)cc1. The van der Waals surface area contributed by atoms with E-state index in [9.17, 15) is 0 Å². The molecule has 4 rings (SSSR count).